The van der Waals surface area contributed by atoms with E-state index in [9.17, 15) is 48.5 Å². The summed E-state index contributed by atoms with van der Waals surface area (Å²) in [6, 6.07) is 43.6. The molecule has 1 aliphatic rings. The van der Waals surface area contributed by atoms with E-state index in [1.54, 1.807) is 38.5 Å². The molecule has 0 unspecified atom stereocenters. The number of fused-ring (bicyclic) bond motifs is 6. The van der Waals surface area contributed by atoms with Crippen molar-refractivity contribution in [3.63, 3.8) is 0 Å². The summed E-state index contributed by atoms with van der Waals surface area (Å²) in [6.45, 7) is 3.63. The van der Waals surface area contributed by atoms with Crippen LogP contribution in [0.25, 0.3) is 65.3 Å². The Morgan fingerprint density at radius 2 is 0.776 bits per heavy atom. The molecular formula is C60H36F4N4O8. The van der Waals surface area contributed by atoms with Crippen LogP contribution in [-0.4, -0.2) is 34.6 Å². The number of benzene rings is 10. The lowest BCUT2D eigenvalue weighted by Gasteiger charge is -2.28. The molecule has 10 aromatic rings. The van der Waals surface area contributed by atoms with Gasteiger partial charge in [-0.1, -0.05) is 97.1 Å². The number of methoxy groups -OCH3 is 2. The van der Waals surface area contributed by atoms with Gasteiger partial charge >= 0.3 is 0 Å². The highest BCUT2D eigenvalue weighted by atomic mass is 19.2. The van der Waals surface area contributed by atoms with Crippen LogP contribution in [-0.2, 0) is 0 Å². The van der Waals surface area contributed by atoms with Crippen LogP contribution in [0.5, 0.6) is 57.5 Å². The van der Waals surface area contributed by atoms with Gasteiger partial charge in [-0.2, -0.15) is 21.0 Å². The van der Waals surface area contributed by atoms with E-state index in [4.69, 9.17) is 29.5 Å². The second kappa shape index (κ2) is 20.1. The van der Waals surface area contributed by atoms with Gasteiger partial charge in [0.15, 0.2) is 80.8 Å². The summed E-state index contributed by atoms with van der Waals surface area (Å²) >= 11 is 0. The highest BCUT2D eigenvalue weighted by Crippen LogP contribution is 2.58. The molecular weight excluding hydrogens is 981 g/mol. The Bertz CT molecular complexity index is 4130. The molecule has 372 valence electrons. The van der Waals surface area contributed by atoms with Crippen LogP contribution >= 0.6 is 0 Å². The topological polar surface area (TPSA) is 213 Å². The average Bonchev–Trinajstić information content (AvgIpc) is 3.44. The molecule has 4 N–H and O–H groups in total. The molecule has 0 spiro atoms. The zero-order chi connectivity index (χ0) is 54.3. The Kier molecular flexibility index (Phi) is 13.3. The maximum absolute atomic E-state index is 12.7. The Morgan fingerprint density at radius 1 is 0.421 bits per heavy atom. The molecule has 0 saturated heterocycles. The number of nitriles is 4. The molecule has 0 bridgehead atoms. The summed E-state index contributed by atoms with van der Waals surface area (Å²) in [5.41, 5.74) is 1.41. The van der Waals surface area contributed by atoms with Crippen LogP contribution < -0.4 is 18.9 Å². The molecule has 10 aromatic carbocycles. The van der Waals surface area contributed by atoms with Crippen LogP contribution in [0.1, 0.15) is 33.4 Å². The van der Waals surface area contributed by atoms with E-state index in [0.29, 0.717) is 56.0 Å². The Hall–Kier alpha value is -10.7. The lowest BCUT2D eigenvalue weighted by atomic mass is 9.90. The average molecular weight is 1020 g/mol. The van der Waals surface area contributed by atoms with Gasteiger partial charge in [0.2, 0.25) is 0 Å². The molecule has 0 atom stereocenters. The molecule has 12 nitrogen and oxygen atoms in total. The maximum atomic E-state index is 12.7. The molecule has 76 heavy (non-hydrogen) atoms. The molecule has 1 heterocycles. The lowest BCUT2D eigenvalue weighted by molar-refractivity contribution is 0.354. The molecule has 11 rings (SSSR count). The summed E-state index contributed by atoms with van der Waals surface area (Å²) in [6.07, 6.45) is 0. The third kappa shape index (κ3) is 8.19. The highest BCUT2D eigenvalue weighted by Gasteiger charge is 2.34. The number of hydrogen-bond acceptors (Lipinski definition) is 12. The predicted molar refractivity (Wildman–Crippen MR) is 275 cm³/mol. The van der Waals surface area contributed by atoms with E-state index >= 15 is 0 Å². The van der Waals surface area contributed by atoms with Crippen molar-refractivity contribution in [2.45, 2.75) is 13.8 Å². The maximum Gasteiger partial charge on any atom is 0.189 e. The fraction of sp³-hybridized carbons (Fsp3) is 0.0667. The number of hydrogen-bond donors (Lipinski definition) is 4. The zero-order valence-corrected chi connectivity index (χ0v) is 40.3. The normalized spacial score (nSPS) is 11.0. The van der Waals surface area contributed by atoms with E-state index in [-0.39, 0.29) is 45.6 Å². The molecule has 0 radical (unpaired) electrons. The van der Waals surface area contributed by atoms with Gasteiger partial charge in [0.25, 0.3) is 0 Å². The lowest BCUT2D eigenvalue weighted by Crippen LogP contribution is -2.08. The quantitative estimate of drug-likeness (QED) is 0.0736. The Labute approximate surface area is 429 Å². The van der Waals surface area contributed by atoms with Gasteiger partial charge < -0.3 is 39.4 Å². The van der Waals surface area contributed by atoms with Crippen LogP contribution in [0.3, 0.4) is 0 Å². The van der Waals surface area contributed by atoms with Crippen molar-refractivity contribution in [3.8, 4) is 104 Å². The summed E-state index contributed by atoms with van der Waals surface area (Å²) in [5, 5.41) is 84.0. The third-order valence-corrected chi connectivity index (χ3v) is 13.0. The summed E-state index contributed by atoms with van der Waals surface area (Å²) in [4.78, 5) is 0. The first-order valence-corrected chi connectivity index (χ1v) is 22.7. The van der Waals surface area contributed by atoms with Gasteiger partial charge in [-0.15, -0.1) is 0 Å². The monoisotopic (exact) mass is 1020 g/mol. The van der Waals surface area contributed by atoms with E-state index < -0.39 is 34.4 Å². The molecule has 16 heteroatoms. The Morgan fingerprint density at radius 3 is 1.17 bits per heavy atom. The zero-order valence-electron chi connectivity index (χ0n) is 40.3. The van der Waals surface area contributed by atoms with Crippen LogP contribution in [0.2, 0.25) is 0 Å². The fourth-order valence-electron chi connectivity index (χ4n) is 9.23. The summed E-state index contributed by atoms with van der Waals surface area (Å²) in [5.74, 6) is -6.15. The van der Waals surface area contributed by atoms with Gasteiger partial charge in [-0.05, 0) is 92.3 Å². The minimum absolute atomic E-state index is 0.238. The highest BCUT2D eigenvalue weighted by molar-refractivity contribution is 6.13. The van der Waals surface area contributed by atoms with Crippen molar-refractivity contribution in [2.24, 2.45) is 0 Å². The number of rotatable bonds is 4. The molecule has 0 saturated carbocycles. The molecule has 0 aliphatic carbocycles. The van der Waals surface area contributed by atoms with Gasteiger partial charge in [-0.3, -0.25) is 0 Å². The molecule has 0 amide bonds. The number of aromatic hydroxyl groups is 4. The van der Waals surface area contributed by atoms with Gasteiger partial charge in [-0.25, -0.2) is 17.6 Å². The predicted octanol–water partition coefficient (Wildman–Crippen LogP) is 14.4. The van der Waals surface area contributed by atoms with Crippen molar-refractivity contribution in [1.82, 2.24) is 0 Å². The number of phenolic OH excluding ortho intramolecular Hbond substituents is 4. The fourth-order valence-corrected chi connectivity index (χ4v) is 9.23. The number of halogens is 4. The first kappa shape index (κ1) is 50.3. The first-order chi connectivity index (χ1) is 36.6. The van der Waals surface area contributed by atoms with Crippen LogP contribution in [0.15, 0.2) is 121 Å². The van der Waals surface area contributed by atoms with Gasteiger partial charge in [0.05, 0.1) is 14.2 Å². The third-order valence-electron chi connectivity index (χ3n) is 13.0. The molecule has 0 fully saturated rings. The van der Waals surface area contributed by atoms with Crippen molar-refractivity contribution in [2.75, 3.05) is 14.2 Å². The minimum atomic E-state index is -1.86. The summed E-state index contributed by atoms with van der Waals surface area (Å²) in [7, 11) is 3.22. The number of ether oxygens (including phenoxy) is 4. The van der Waals surface area contributed by atoms with E-state index in [2.05, 4.69) is 12.1 Å². The van der Waals surface area contributed by atoms with Crippen molar-refractivity contribution >= 4 is 43.1 Å². The van der Waals surface area contributed by atoms with Crippen molar-refractivity contribution in [1.29, 1.82) is 21.0 Å². The first-order valence-electron chi connectivity index (χ1n) is 22.7. The SMILES string of the molecule is COc1cc2ccccc2c(-c2c3c(cc4ccccc24)Oc2c(C#N)c(C)c(C)c(C#N)c2O3)c1OC.N#Cc1c(F)c(F)c(C#N)c(F)c1F.Oc1cc2ccccc2c(-c2c(O)c(O)cc3ccccc23)c1O. The van der Waals surface area contributed by atoms with Crippen LogP contribution in [0.4, 0.5) is 17.6 Å². The largest absolute Gasteiger partial charge is 0.504 e. The second-order valence-electron chi connectivity index (χ2n) is 17.0. The molecule has 0 aromatic heterocycles. The van der Waals surface area contributed by atoms with Gasteiger partial charge in [0.1, 0.15) is 46.5 Å². The van der Waals surface area contributed by atoms with Crippen LogP contribution in [0, 0.1) is 82.4 Å². The van der Waals surface area contributed by atoms with Crippen molar-refractivity contribution in [3.05, 3.63) is 178 Å². The van der Waals surface area contributed by atoms with E-state index in [1.807, 2.05) is 98.8 Å². The smallest absolute Gasteiger partial charge is 0.189 e. The minimum Gasteiger partial charge on any atom is -0.504 e. The second-order valence-corrected chi connectivity index (χ2v) is 17.0. The standard InChI is InChI=1S/C32H22N2O4.C20H14O4.C8F4N2/c1-17-18(2)24(16-34)30-29(23(17)15-33)37-26-14-20-10-6-8-12-22(20)28(32(26)38-30)27-21-11-7-5-9-19(21)13-25(35-3)31(27)36-4;21-15-9-11-5-1-3-7-13(11)17(19(15)23)18-14-8-4-2-6-12(14)10-16(22)20(18)24;9-5-3(1-13)6(10)8(12)4(2-14)7(5)11/h5-14H,1-4H3;1-10,21-24H;. The Balaban J connectivity index is 0.000000158. The van der Waals surface area contributed by atoms with E-state index in [0.717, 1.165) is 55.6 Å². The van der Waals surface area contributed by atoms with E-state index in [1.165, 1.54) is 12.1 Å². The van der Waals surface area contributed by atoms with Gasteiger partial charge in [0, 0.05) is 22.3 Å². The van der Waals surface area contributed by atoms with Crippen molar-refractivity contribution < 1.29 is 56.9 Å². The number of phenols is 4. The summed E-state index contributed by atoms with van der Waals surface area (Å²) < 4.78 is 75.6. The number of nitrogens with zero attached hydrogens (tertiary/aromatic N) is 4. The molecule has 1 aliphatic heterocycles.